The zero-order chi connectivity index (χ0) is 15.4. The molecule has 1 atom stereocenters. The average Bonchev–Trinajstić information content (AvgIpc) is 2.82. The lowest BCUT2D eigenvalue weighted by Crippen LogP contribution is -2.14. The Balaban J connectivity index is 2.10. The summed E-state index contributed by atoms with van der Waals surface area (Å²) in [7, 11) is 1.65. The fraction of sp³-hybridized carbons (Fsp3) is 0.400. The molecule has 0 amide bonds. The molecule has 6 heteroatoms. The number of aromatic nitrogens is 2. The minimum atomic E-state index is -0.846. The largest absolute Gasteiger partial charge is 0.383 e. The van der Waals surface area contributed by atoms with Crippen LogP contribution in [0.1, 0.15) is 24.2 Å². The number of aryl methyl sites for hydroxylation is 1. The van der Waals surface area contributed by atoms with Crippen molar-refractivity contribution in [1.29, 1.82) is 0 Å². The molecule has 1 aromatic heterocycles. The molecule has 2 rings (SSSR count). The molecule has 0 saturated heterocycles. The summed E-state index contributed by atoms with van der Waals surface area (Å²) >= 11 is 0. The molecule has 114 valence electrons. The number of rotatable bonds is 6. The normalized spacial score (nSPS) is 12.4. The number of imidazole rings is 1. The maximum atomic E-state index is 13.2. The standard InChI is InChI=1S/C15H19F2N3O/c1-10-8-20(11(2)9-21-3)15(19-10)18-7-12-4-5-13(16)14(17)6-12/h4-6,8,11H,7,9H2,1-3H3,(H,18,19). The average molecular weight is 295 g/mol. The van der Waals surface area contributed by atoms with Crippen LogP contribution in [0.25, 0.3) is 0 Å². The smallest absolute Gasteiger partial charge is 0.203 e. The summed E-state index contributed by atoms with van der Waals surface area (Å²) in [5.74, 6) is -1.01. The van der Waals surface area contributed by atoms with Gasteiger partial charge in [-0.2, -0.15) is 0 Å². The maximum absolute atomic E-state index is 13.2. The van der Waals surface area contributed by atoms with E-state index in [4.69, 9.17) is 4.74 Å². The monoisotopic (exact) mass is 295 g/mol. The van der Waals surface area contributed by atoms with E-state index in [1.165, 1.54) is 6.07 Å². The first kappa shape index (κ1) is 15.4. The van der Waals surface area contributed by atoms with Gasteiger partial charge < -0.3 is 14.6 Å². The molecule has 0 aliphatic rings. The van der Waals surface area contributed by atoms with Gasteiger partial charge in [0, 0.05) is 19.9 Å². The van der Waals surface area contributed by atoms with Gasteiger partial charge in [-0.05, 0) is 31.5 Å². The fourth-order valence-electron chi connectivity index (χ4n) is 2.14. The third-order valence-corrected chi connectivity index (χ3v) is 3.17. The molecular weight excluding hydrogens is 276 g/mol. The molecule has 1 unspecified atom stereocenters. The number of nitrogens with one attached hydrogen (secondary N) is 1. The molecular formula is C15H19F2N3O. The number of ether oxygens (including phenoxy) is 1. The second-order valence-electron chi connectivity index (χ2n) is 5.02. The summed E-state index contributed by atoms with van der Waals surface area (Å²) in [4.78, 5) is 4.40. The predicted molar refractivity (Wildman–Crippen MR) is 77.2 cm³/mol. The zero-order valence-corrected chi connectivity index (χ0v) is 12.4. The van der Waals surface area contributed by atoms with Crippen LogP contribution in [0.5, 0.6) is 0 Å². The summed E-state index contributed by atoms with van der Waals surface area (Å²) in [5, 5.41) is 3.14. The summed E-state index contributed by atoms with van der Waals surface area (Å²) in [6.07, 6.45) is 1.93. The molecule has 1 N–H and O–H groups in total. The van der Waals surface area contributed by atoms with E-state index in [1.54, 1.807) is 13.2 Å². The van der Waals surface area contributed by atoms with E-state index in [9.17, 15) is 8.78 Å². The molecule has 1 heterocycles. The van der Waals surface area contributed by atoms with Crippen LogP contribution in [0.2, 0.25) is 0 Å². The highest BCUT2D eigenvalue weighted by atomic mass is 19.2. The molecule has 0 aliphatic heterocycles. The minimum absolute atomic E-state index is 0.128. The molecule has 0 fully saturated rings. The SMILES string of the molecule is COCC(C)n1cc(C)nc1NCc1ccc(F)c(F)c1. The number of halogens is 2. The third kappa shape index (κ3) is 3.78. The molecule has 0 saturated carbocycles. The van der Waals surface area contributed by atoms with E-state index in [1.807, 2.05) is 24.6 Å². The molecule has 21 heavy (non-hydrogen) atoms. The minimum Gasteiger partial charge on any atom is -0.383 e. The first-order valence-electron chi connectivity index (χ1n) is 6.73. The van der Waals surface area contributed by atoms with E-state index in [0.717, 1.165) is 11.8 Å². The molecule has 1 aromatic carbocycles. The lowest BCUT2D eigenvalue weighted by molar-refractivity contribution is 0.163. The van der Waals surface area contributed by atoms with Crippen LogP contribution in [0.3, 0.4) is 0 Å². The zero-order valence-electron chi connectivity index (χ0n) is 12.4. The van der Waals surface area contributed by atoms with Crippen molar-refractivity contribution in [3.63, 3.8) is 0 Å². The van der Waals surface area contributed by atoms with Gasteiger partial charge in [0.15, 0.2) is 11.6 Å². The van der Waals surface area contributed by atoms with E-state index in [0.29, 0.717) is 24.7 Å². The Hall–Kier alpha value is -1.95. The topological polar surface area (TPSA) is 39.1 Å². The Morgan fingerprint density at radius 2 is 2.10 bits per heavy atom. The van der Waals surface area contributed by atoms with Gasteiger partial charge in [0.2, 0.25) is 5.95 Å². The van der Waals surface area contributed by atoms with Crippen LogP contribution in [-0.2, 0) is 11.3 Å². The number of nitrogens with zero attached hydrogens (tertiary/aromatic N) is 2. The molecule has 0 radical (unpaired) electrons. The van der Waals surface area contributed by atoms with E-state index >= 15 is 0 Å². The lowest BCUT2D eigenvalue weighted by atomic mass is 10.2. The molecule has 0 spiro atoms. The van der Waals surface area contributed by atoms with Crippen LogP contribution in [0.15, 0.2) is 24.4 Å². The van der Waals surface area contributed by atoms with Gasteiger partial charge in [0.1, 0.15) is 0 Å². The summed E-state index contributed by atoms with van der Waals surface area (Å²) < 4.78 is 33.2. The van der Waals surface area contributed by atoms with Crippen LogP contribution < -0.4 is 5.32 Å². The van der Waals surface area contributed by atoms with Crippen molar-refractivity contribution in [1.82, 2.24) is 9.55 Å². The van der Waals surface area contributed by atoms with Gasteiger partial charge in [-0.1, -0.05) is 6.07 Å². The number of methoxy groups -OCH3 is 1. The summed E-state index contributed by atoms with van der Waals surface area (Å²) in [6, 6.07) is 3.98. The van der Waals surface area contributed by atoms with Crippen molar-refractivity contribution in [3.8, 4) is 0 Å². The molecule has 2 aromatic rings. The highest BCUT2D eigenvalue weighted by molar-refractivity contribution is 5.32. The third-order valence-electron chi connectivity index (χ3n) is 3.17. The Bertz CT molecular complexity index is 613. The van der Waals surface area contributed by atoms with Gasteiger partial charge in [-0.3, -0.25) is 0 Å². The Morgan fingerprint density at radius 3 is 2.76 bits per heavy atom. The number of benzene rings is 1. The second-order valence-corrected chi connectivity index (χ2v) is 5.02. The second kappa shape index (κ2) is 6.67. The highest BCUT2D eigenvalue weighted by Crippen LogP contribution is 2.17. The van der Waals surface area contributed by atoms with Crippen LogP contribution >= 0.6 is 0 Å². The van der Waals surface area contributed by atoms with Crippen molar-refractivity contribution in [2.45, 2.75) is 26.4 Å². The first-order chi connectivity index (χ1) is 10.0. The Labute approximate surface area is 122 Å². The van der Waals surface area contributed by atoms with Gasteiger partial charge in [0.05, 0.1) is 18.3 Å². The number of hydrogen-bond acceptors (Lipinski definition) is 3. The van der Waals surface area contributed by atoms with Crippen LogP contribution in [0.4, 0.5) is 14.7 Å². The number of hydrogen-bond donors (Lipinski definition) is 1. The summed E-state index contributed by atoms with van der Waals surface area (Å²) in [6.45, 7) is 4.86. The van der Waals surface area contributed by atoms with Crippen molar-refractivity contribution in [3.05, 3.63) is 47.3 Å². The van der Waals surface area contributed by atoms with Crippen molar-refractivity contribution in [2.24, 2.45) is 0 Å². The highest BCUT2D eigenvalue weighted by Gasteiger charge is 2.12. The maximum Gasteiger partial charge on any atom is 0.203 e. The van der Waals surface area contributed by atoms with Crippen molar-refractivity contribution < 1.29 is 13.5 Å². The van der Waals surface area contributed by atoms with Gasteiger partial charge in [0.25, 0.3) is 0 Å². The molecule has 0 aliphatic carbocycles. The van der Waals surface area contributed by atoms with Crippen molar-refractivity contribution >= 4 is 5.95 Å². The van der Waals surface area contributed by atoms with Gasteiger partial charge in [-0.25, -0.2) is 13.8 Å². The van der Waals surface area contributed by atoms with Crippen LogP contribution in [-0.4, -0.2) is 23.3 Å². The fourth-order valence-corrected chi connectivity index (χ4v) is 2.14. The van der Waals surface area contributed by atoms with Gasteiger partial charge >= 0.3 is 0 Å². The predicted octanol–water partition coefficient (Wildman–Crippen LogP) is 3.29. The Morgan fingerprint density at radius 1 is 1.33 bits per heavy atom. The van der Waals surface area contributed by atoms with E-state index in [-0.39, 0.29) is 6.04 Å². The molecule has 4 nitrogen and oxygen atoms in total. The summed E-state index contributed by atoms with van der Waals surface area (Å²) in [5.41, 5.74) is 1.53. The van der Waals surface area contributed by atoms with E-state index in [2.05, 4.69) is 10.3 Å². The van der Waals surface area contributed by atoms with Gasteiger partial charge in [-0.15, -0.1) is 0 Å². The Kier molecular flexibility index (Phi) is 4.90. The van der Waals surface area contributed by atoms with Crippen LogP contribution in [0, 0.1) is 18.6 Å². The first-order valence-corrected chi connectivity index (χ1v) is 6.73. The quantitative estimate of drug-likeness (QED) is 0.889. The lowest BCUT2D eigenvalue weighted by Gasteiger charge is -2.16. The van der Waals surface area contributed by atoms with Crippen molar-refractivity contribution in [2.75, 3.05) is 19.0 Å². The van der Waals surface area contributed by atoms with E-state index < -0.39 is 11.6 Å². The number of anilines is 1. The molecule has 0 bridgehead atoms.